The van der Waals surface area contributed by atoms with E-state index in [1.165, 1.54) is 35.0 Å². The number of nitrogens with zero attached hydrogens (tertiary/aromatic N) is 2. The predicted octanol–water partition coefficient (Wildman–Crippen LogP) is 5.11. The number of hydrogen-bond acceptors (Lipinski definition) is 4. The molecule has 2 aromatic carbocycles. The Morgan fingerprint density at radius 2 is 1.96 bits per heavy atom. The average molecular weight is 414 g/mol. The van der Waals surface area contributed by atoms with Crippen LogP contribution in [-0.2, 0) is 16.3 Å². The molecule has 0 spiro atoms. The third kappa shape index (κ3) is 3.95. The number of carbonyl (C=O) groups is 1. The second kappa shape index (κ2) is 8.01. The number of nitrogens with one attached hydrogen (secondary N) is 1. The molecule has 0 saturated carbocycles. The molecule has 1 aliphatic heterocycles. The summed E-state index contributed by atoms with van der Waals surface area (Å²) >= 11 is 3.19. The number of anilines is 1. The van der Waals surface area contributed by atoms with Crippen molar-refractivity contribution in [3.63, 3.8) is 0 Å². The molecule has 144 valence electrons. The van der Waals surface area contributed by atoms with Crippen molar-refractivity contribution < 1.29 is 9.18 Å². The van der Waals surface area contributed by atoms with Crippen LogP contribution in [0.4, 0.5) is 10.2 Å². The molecule has 0 bridgehead atoms. The fraction of sp³-hybridized carbons (Fsp3) is 0.238. The number of amides is 1. The Labute approximate surface area is 171 Å². The van der Waals surface area contributed by atoms with Crippen LogP contribution in [0.2, 0.25) is 0 Å². The maximum atomic E-state index is 13.0. The molecule has 1 N–H and O–H groups in total. The second-order valence-electron chi connectivity index (χ2n) is 6.74. The monoisotopic (exact) mass is 413 g/mol. The Bertz CT molecular complexity index is 1030. The summed E-state index contributed by atoms with van der Waals surface area (Å²) in [6.07, 6.45) is 0. The van der Waals surface area contributed by atoms with Gasteiger partial charge in [0.2, 0.25) is 5.91 Å². The first-order valence-corrected chi connectivity index (χ1v) is 11.1. The quantitative estimate of drug-likeness (QED) is 0.591. The van der Waals surface area contributed by atoms with Gasteiger partial charge in [-0.15, -0.1) is 11.8 Å². The van der Waals surface area contributed by atoms with E-state index in [1.807, 2.05) is 10.7 Å². The Kier molecular flexibility index (Phi) is 5.46. The zero-order valence-electron chi connectivity index (χ0n) is 15.7. The van der Waals surface area contributed by atoms with Crippen molar-refractivity contribution in [2.24, 2.45) is 0 Å². The molecule has 1 aromatic heterocycles. The van der Waals surface area contributed by atoms with E-state index in [0.717, 1.165) is 39.2 Å². The number of benzene rings is 2. The van der Waals surface area contributed by atoms with Gasteiger partial charge in [-0.25, -0.2) is 9.07 Å². The third-order valence-corrected chi connectivity index (χ3v) is 6.71. The van der Waals surface area contributed by atoms with Gasteiger partial charge in [-0.3, -0.25) is 4.79 Å². The van der Waals surface area contributed by atoms with E-state index in [-0.39, 0.29) is 17.5 Å². The van der Waals surface area contributed by atoms with E-state index in [0.29, 0.717) is 0 Å². The molecule has 0 fully saturated rings. The molecule has 0 saturated heterocycles. The van der Waals surface area contributed by atoms with Crippen molar-refractivity contribution >= 4 is 35.2 Å². The first-order chi connectivity index (χ1) is 13.5. The number of rotatable bonds is 5. The van der Waals surface area contributed by atoms with E-state index in [9.17, 15) is 9.18 Å². The SMILES string of the molecule is Cc1ccc(-n2nc3c(c2NC(=O)CSc2ccc(F)cc2)CSC3)cc1C. The summed E-state index contributed by atoms with van der Waals surface area (Å²) in [7, 11) is 0. The number of aromatic nitrogens is 2. The highest BCUT2D eigenvalue weighted by atomic mass is 32.2. The number of fused-ring (bicyclic) bond motifs is 1. The van der Waals surface area contributed by atoms with Crippen LogP contribution in [0.15, 0.2) is 47.4 Å². The minimum atomic E-state index is -0.279. The molecule has 2 heterocycles. The molecular formula is C21H20FN3OS2. The fourth-order valence-corrected chi connectivity index (χ4v) is 4.77. The summed E-state index contributed by atoms with van der Waals surface area (Å²) in [5, 5.41) is 7.80. The van der Waals surface area contributed by atoms with Gasteiger partial charge in [0, 0.05) is 22.0 Å². The minimum Gasteiger partial charge on any atom is -0.310 e. The molecule has 0 unspecified atom stereocenters. The highest BCUT2D eigenvalue weighted by molar-refractivity contribution is 8.00. The van der Waals surface area contributed by atoms with Crippen molar-refractivity contribution in [1.29, 1.82) is 0 Å². The molecule has 3 aromatic rings. The zero-order chi connectivity index (χ0) is 19.7. The lowest BCUT2D eigenvalue weighted by Gasteiger charge is -2.12. The normalized spacial score (nSPS) is 12.8. The lowest BCUT2D eigenvalue weighted by atomic mass is 10.1. The van der Waals surface area contributed by atoms with Gasteiger partial charge < -0.3 is 5.32 Å². The lowest BCUT2D eigenvalue weighted by Crippen LogP contribution is -2.18. The minimum absolute atomic E-state index is 0.0981. The molecule has 28 heavy (non-hydrogen) atoms. The second-order valence-corrected chi connectivity index (χ2v) is 8.77. The Balaban J connectivity index is 1.55. The highest BCUT2D eigenvalue weighted by Gasteiger charge is 2.24. The fourth-order valence-electron chi connectivity index (χ4n) is 3.03. The summed E-state index contributed by atoms with van der Waals surface area (Å²) in [5.41, 5.74) is 5.49. The molecule has 0 atom stereocenters. The first kappa shape index (κ1) is 19.1. The third-order valence-electron chi connectivity index (χ3n) is 4.73. The molecule has 4 rings (SSSR count). The highest BCUT2D eigenvalue weighted by Crippen LogP contribution is 2.36. The summed E-state index contributed by atoms with van der Waals surface area (Å²) < 4.78 is 14.9. The van der Waals surface area contributed by atoms with Gasteiger partial charge in [-0.05, 0) is 61.4 Å². The summed E-state index contributed by atoms with van der Waals surface area (Å²) in [6.45, 7) is 4.15. The number of aryl methyl sites for hydroxylation is 2. The molecule has 4 nitrogen and oxygen atoms in total. The van der Waals surface area contributed by atoms with E-state index in [4.69, 9.17) is 5.10 Å². The molecule has 1 aliphatic rings. The van der Waals surface area contributed by atoms with Crippen LogP contribution in [0.3, 0.4) is 0 Å². The molecule has 7 heteroatoms. The maximum Gasteiger partial charge on any atom is 0.235 e. The van der Waals surface area contributed by atoms with Crippen LogP contribution in [0.5, 0.6) is 0 Å². The van der Waals surface area contributed by atoms with Crippen LogP contribution in [0, 0.1) is 19.7 Å². The van der Waals surface area contributed by atoms with Crippen LogP contribution in [0.1, 0.15) is 22.4 Å². The van der Waals surface area contributed by atoms with E-state index >= 15 is 0 Å². The van der Waals surface area contributed by atoms with Gasteiger partial charge in [0.15, 0.2) is 0 Å². The Morgan fingerprint density at radius 1 is 1.18 bits per heavy atom. The van der Waals surface area contributed by atoms with Gasteiger partial charge in [0.05, 0.1) is 17.1 Å². The van der Waals surface area contributed by atoms with E-state index in [1.54, 1.807) is 23.9 Å². The van der Waals surface area contributed by atoms with Crippen molar-refractivity contribution in [2.75, 3.05) is 11.1 Å². The van der Waals surface area contributed by atoms with Gasteiger partial charge in [0.25, 0.3) is 0 Å². The van der Waals surface area contributed by atoms with Crippen molar-refractivity contribution in [1.82, 2.24) is 9.78 Å². The van der Waals surface area contributed by atoms with Crippen molar-refractivity contribution in [2.45, 2.75) is 30.2 Å². The predicted molar refractivity (Wildman–Crippen MR) is 114 cm³/mol. The van der Waals surface area contributed by atoms with Crippen molar-refractivity contribution in [3.8, 4) is 5.69 Å². The Morgan fingerprint density at radius 3 is 2.71 bits per heavy atom. The lowest BCUT2D eigenvalue weighted by molar-refractivity contribution is -0.113. The summed E-state index contributed by atoms with van der Waals surface area (Å²) in [4.78, 5) is 13.5. The molecule has 0 radical (unpaired) electrons. The van der Waals surface area contributed by atoms with Gasteiger partial charge >= 0.3 is 0 Å². The van der Waals surface area contributed by atoms with Crippen LogP contribution in [-0.4, -0.2) is 21.4 Å². The van der Waals surface area contributed by atoms with E-state index < -0.39 is 0 Å². The number of halogens is 1. The van der Waals surface area contributed by atoms with Crippen LogP contribution < -0.4 is 5.32 Å². The number of carbonyl (C=O) groups excluding carboxylic acids is 1. The number of thioether (sulfide) groups is 2. The topological polar surface area (TPSA) is 46.9 Å². The summed E-state index contributed by atoms with van der Waals surface area (Å²) in [5.74, 6) is 2.35. The van der Waals surface area contributed by atoms with E-state index in [2.05, 4.69) is 31.3 Å². The van der Waals surface area contributed by atoms with Gasteiger partial charge in [-0.1, -0.05) is 6.07 Å². The molecule has 0 aliphatic carbocycles. The standard InChI is InChI=1S/C21H20FN3OS2/c1-13-3-6-16(9-14(13)2)25-21(18-10-27-11-19(18)24-25)23-20(26)12-28-17-7-4-15(22)5-8-17/h3-9H,10-12H2,1-2H3,(H,23,26). The van der Waals surface area contributed by atoms with Crippen LogP contribution >= 0.6 is 23.5 Å². The molecular weight excluding hydrogens is 393 g/mol. The average Bonchev–Trinajstić information content (AvgIpc) is 3.26. The summed E-state index contributed by atoms with van der Waals surface area (Å²) in [6, 6.07) is 12.4. The van der Waals surface area contributed by atoms with Crippen LogP contribution in [0.25, 0.3) is 5.69 Å². The zero-order valence-corrected chi connectivity index (χ0v) is 17.3. The Hall–Kier alpha value is -2.25. The largest absolute Gasteiger partial charge is 0.310 e. The number of hydrogen-bond donors (Lipinski definition) is 1. The van der Waals surface area contributed by atoms with Gasteiger partial charge in [-0.2, -0.15) is 16.9 Å². The van der Waals surface area contributed by atoms with Crippen molar-refractivity contribution in [3.05, 3.63) is 70.7 Å². The smallest absolute Gasteiger partial charge is 0.235 e. The molecule has 1 amide bonds. The van der Waals surface area contributed by atoms with Gasteiger partial charge in [0.1, 0.15) is 11.6 Å². The first-order valence-electron chi connectivity index (χ1n) is 8.95. The maximum absolute atomic E-state index is 13.0.